The molecule has 9 nitrogen and oxygen atoms in total. The number of fused-ring (bicyclic) bond motifs is 1. The highest BCUT2D eigenvalue weighted by atomic mass is 32.1. The largest absolute Gasteiger partial charge is 0.399 e. The Balaban J connectivity index is 1.23. The lowest BCUT2D eigenvalue weighted by molar-refractivity contribution is -0.151. The maximum absolute atomic E-state index is 13.5. The lowest BCUT2D eigenvalue weighted by Crippen LogP contribution is -2.60. The molecule has 2 aromatic carbocycles. The summed E-state index contributed by atoms with van der Waals surface area (Å²) in [6, 6.07) is 15.2. The highest BCUT2D eigenvalue weighted by Gasteiger charge is 2.46. The molecule has 3 N–H and O–H groups in total. The average molecular weight is 546 g/mol. The molecule has 2 aliphatic rings. The Hall–Kier alpha value is -4.05. The van der Waals surface area contributed by atoms with Crippen LogP contribution in [-0.2, 0) is 27.2 Å². The van der Waals surface area contributed by atoms with Crippen molar-refractivity contribution in [3.8, 4) is 0 Å². The van der Waals surface area contributed by atoms with Gasteiger partial charge in [-0.2, -0.15) is 0 Å². The minimum absolute atomic E-state index is 0.0409. The molecule has 2 fully saturated rings. The second kappa shape index (κ2) is 11.8. The van der Waals surface area contributed by atoms with Crippen LogP contribution in [-0.4, -0.2) is 69.5 Å². The zero-order chi connectivity index (χ0) is 27.4. The van der Waals surface area contributed by atoms with E-state index in [-0.39, 0.29) is 42.5 Å². The number of amides is 3. The van der Waals surface area contributed by atoms with Crippen LogP contribution in [0.15, 0.2) is 66.2 Å². The number of nitrogen functional groups attached to an aromatic ring is 1. The van der Waals surface area contributed by atoms with Gasteiger partial charge in [-0.25, -0.2) is 4.98 Å². The lowest BCUT2D eigenvalue weighted by Gasteiger charge is -2.39. The van der Waals surface area contributed by atoms with Crippen molar-refractivity contribution in [2.45, 2.75) is 50.2 Å². The molecule has 3 atom stereocenters. The third-order valence-corrected chi connectivity index (χ3v) is 8.16. The fraction of sp³-hybridized carbons (Fsp3) is 0.345. The zero-order valence-corrected chi connectivity index (χ0v) is 22.3. The van der Waals surface area contributed by atoms with Crippen LogP contribution in [0.2, 0.25) is 0 Å². The number of benzene rings is 2. The number of piperazine rings is 1. The van der Waals surface area contributed by atoms with Gasteiger partial charge in [0.1, 0.15) is 6.04 Å². The zero-order valence-electron chi connectivity index (χ0n) is 21.5. The van der Waals surface area contributed by atoms with Gasteiger partial charge in [-0.15, -0.1) is 11.3 Å². The second-order valence-corrected chi connectivity index (χ2v) is 10.9. The number of Topliss-reactive ketones (excluding diaryl/α,β-unsaturated/α-hetero) is 1. The fourth-order valence-corrected chi connectivity index (χ4v) is 6.00. The Morgan fingerprint density at radius 1 is 1.05 bits per heavy atom. The first-order chi connectivity index (χ1) is 18.9. The number of carbonyl (C=O) groups excluding carboxylic acids is 4. The van der Waals surface area contributed by atoms with E-state index in [4.69, 9.17) is 5.73 Å². The first-order valence-corrected chi connectivity index (χ1v) is 14.0. The van der Waals surface area contributed by atoms with Crippen molar-refractivity contribution in [3.05, 3.63) is 82.3 Å². The van der Waals surface area contributed by atoms with Crippen molar-refractivity contribution in [1.29, 1.82) is 0 Å². The molecular weight excluding hydrogens is 514 g/mol. The molecule has 0 spiro atoms. The number of nitrogens with one attached hydrogen (secondary N) is 1. The van der Waals surface area contributed by atoms with Crippen LogP contribution >= 0.6 is 11.3 Å². The summed E-state index contributed by atoms with van der Waals surface area (Å²) in [7, 11) is 0. The molecule has 2 unspecified atom stereocenters. The Morgan fingerprint density at radius 2 is 1.82 bits per heavy atom. The van der Waals surface area contributed by atoms with Gasteiger partial charge >= 0.3 is 0 Å². The monoisotopic (exact) mass is 545 g/mol. The van der Waals surface area contributed by atoms with Gasteiger partial charge < -0.3 is 20.9 Å². The van der Waals surface area contributed by atoms with Gasteiger partial charge in [-0.1, -0.05) is 42.5 Å². The van der Waals surface area contributed by atoms with Crippen molar-refractivity contribution in [3.63, 3.8) is 0 Å². The average Bonchev–Trinajstić information content (AvgIpc) is 3.64. The molecule has 0 aliphatic carbocycles. The molecule has 202 valence electrons. The standard InChI is InChI=1S/C29H31N5O4S/c30-21-9-6-20(7-10-21)16-23(27(37)29-31-14-15-39-29)32-28(38)24-12-11-22-17-33(18-26(36)34(22)24)25(35)13-8-19-4-2-1-3-5-19/h1-7,9-10,14-15,22-24H,8,11-13,16-18,30H2,(H,32,38)/t22-,23?,24?/m0/s1. The predicted octanol–water partition coefficient (Wildman–Crippen LogP) is 2.47. The van der Waals surface area contributed by atoms with Crippen LogP contribution in [0.3, 0.4) is 0 Å². The topological polar surface area (TPSA) is 126 Å². The fourth-order valence-electron chi connectivity index (χ4n) is 5.37. The lowest BCUT2D eigenvalue weighted by atomic mass is 10.0. The molecule has 10 heteroatoms. The van der Waals surface area contributed by atoms with Gasteiger partial charge in [0, 0.05) is 36.7 Å². The number of thiazole rings is 1. The van der Waals surface area contributed by atoms with E-state index in [2.05, 4.69) is 10.3 Å². The summed E-state index contributed by atoms with van der Waals surface area (Å²) in [5, 5.41) is 4.95. The van der Waals surface area contributed by atoms with Gasteiger partial charge in [0.25, 0.3) is 0 Å². The minimum atomic E-state index is -0.831. The van der Waals surface area contributed by atoms with Crippen LogP contribution in [0, 0.1) is 0 Å². The van der Waals surface area contributed by atoms with E-state index in [0.29, 0.717) is 42.9 Å². The molecule has 3 aromatic rings. The SMILES string of the molecule is Nc1ccc(CC(NC(=O)C2CC[C@H]3CN(C(=O)CCc4ccccc4)CC(=O)N23)C(=O)c2nccs2)cc1. The van der Waals surface area contributed by atoms with Gasteiger partial charge in [-0.05, 0) is 42.5 Å². The smallest absolute Gasteiger partial charge is 0.243 e. The highest BCUT2D eigenvalue weighted by Crippen LogP contribution is 2.29. The molecule has 39 heavy (non-hydrogen) atoms. The van der Waals surface area contributed by atoms with Crippen LogP contribution in [0.4, 0.5) is 5.69 Å². The minimum Gasteiger partial charge on any atom is -0.399 e. The summed E-state index contributed by atoms with van der Waals surface area (Å²) >= 11 is 1.22. The van der Waals surface area contributed by atoms with Crippen LogP contribution < -0.4 is 11.1 Å². The maximum Gasteiger partial charge on any atom is 0.243 e. The van der Waals surface area contributed by atoms with Crippen molar-refractivity contribution < 1.29 is 19.2 Å². The van der Waals surface area contributed by atoms with E-state index < -0.39 is 12.1 Å². The second-order valence-electron chi connectivity index (χ2n) is 10.0. The van der Waals surface area contributed by atoms with Crippen LogP contribution in [0.25, 0.3) is 0 Å². The Bertz CT molecular complexity index is 1330. The number of rotatable bonds is 9. The third-order valence-electron chi connectivity index (χ3n) is 7.37. The number of nitrogens with zero attached hydrogens (tertiary/aromatic N) is 3. The number of aromatic nitrogens is 1. The Morgan fingerprint density at radius 3 is 2.54 bits per heavy atom. The predicted molar refractivity (Wildman–Crippen MR) is 148 cm³/mol. The van der Waals surface area contributed by atoms with E-state index in [9.17, 15) is 19.2 Å². The molecule has 3 heterocycles. The number of carbonyl (C=O) groups is 4. The van der Waals surface area contributed by atoms with Gasteiger partial charge in [0.15, 0.2) is 5.01 Å². The molecule has 5 rings (SSSR count). The highest BCUT2D eigenvalue weighted by molar-refractivity contribution is 7.11. The number of ketones is 1. The van der Waals surface area contributed by atoms with Gasteiger partial charge in [0.2, 0.25) is 23.5 Å². The van der Waals surface area contributed by atoms with Crippen molar-refractivity contribution >= 4 is 40.5 Å². The van der Waals surface area contributed by atoms with Crippen LogP contribution in [0.5, 0.6) is 0 Å². The number of hydrogen-bond acceptors (Lipinski definition) is 7. The van der Waals surface area contributed by atoms with Gasteiger partial charge in [-0.3, -0.25) is 19.2 Å². The molecule has 1 aromatic heterocycles. The molecule has 0 saturated carbocycles. The van der Waals surface area contributed by atoms with E-state index in [1.807, 2.05) is 42.5 Å². The van der Waals surface area contributed by atoms with E-state index in [1.165, 1.54) is 11.3 Å². The molecule has 0 bridgehead atoms. The van der Waals surface area contributed by atoms with E-state index in [0.717, 1.165) is 11.1 Å². The molecule has 2 aliphatic heterocycles. The number of anilines is 1. The Kier molecular flexibility index (Phi) is 8.02. The van der Waals surface area contributed by atoms with Crippen molar-refractivity contribution in [1.82, 2.24) is 20.1 Å². The maximum atomic E-state index is 13.5. The number of hydrogen-bond donors (Lipinski definition) is 2. The molecule has 2 saturated heterocycles. The van der Waals surface area contributed by atoms with E-state index >= 15 is 0 Å². The normalized spacial score (nSPS) is 19.4. The van der Waals surface area contributed by atoms with Gasteiger partial charge in [0.05, 0.1) is 18.6 Å². The molecular formula is C29H31N5O4S. The van der Waals surface area contributed by atoms with E-state index in [1.54, 1.807) is 33.5 Å². The third kappa shape index (κ3) is 6.17. The first kappa shape index (κ1) is 26.6. The number of nitrogens with two attached hydrogens (primary N) is 1. The van der Waals surface area contributed by atoms with Crippen molar-refractivity contribution in [2.24, 2.45) is 0 Å². The summed E-state index contributed by atoms with van der Waals surface area (Å²) in [6.45, 7) is 0.372. The number of aryl methyl sites for hydroxylation is 1. The summed E-state index contributed by atoms with van der Waals surface area (Å²) < 4.78 is 0. The Labute approximate surface area is 231 Å². The first-order valence-electron chi connectivity index (χ1n) is 13.1. The molecule has 0 radical (unpaired) electrons. The summed E-state index contributed by atoms with van der Waals surface area (Å²) in [5.74, 6) is -0.930. The quantitative estimate of drug-likeness (QED) is 0.314. The van der Waals surface area contributed by atoms with Crippen molar-refractivity contribution in [2.75, 3.05) is 18.8 Å². The summed E-state index contributed by atoms with van der Waals surface area (Å²) in [5.41, 5.74) is 8.34. The summed E-state index contributed by atoms with van der Waals surface area (Å²) in [4.78, 5) is 60.1. The summed E-state index contributed by atoms with van der Waals surface area (Å²) in [6.07, 6.45) is 3.88. The van der Waals surface area contributed by atoms with Crippen LogP contribution in [0.1, 0.15) is 40.2 Å². The molecule has 3 amide bonds.